The van der Waals surface area contributed by atoms with E-state index in [9.17, 15) is 0 Å². The van der Waals surface area contributed by atoms with Crippen molar-refractivity contribution in [2.24, 2.45) is 11.7 Å². The van der Waals surface area contributed by atoms with Gasteiger partial charge in [0.25, 0.3) is 0 Å². The van der Waals surface area contributed by atoms with Gasteiger partial charge in [-0.15, -0.1) is 0 Å². The molecule has 0 aromatic heterocycles. The van der Waals surface area contributed by atoms with Gasteiger partial charge < -0.3 is 5.73 Å². The quantitative estimate of drug-likeness (QED) is 0.675. The maximum absolute atomic E-state index is 5.71. The molecule has 11 heavy (non-hydrogen) atoms. The average molecular weight is 147 g/mol. The van der Waals surface area contributed by atoms with Crippen molar-refractivity contribution in [2.75, 3.05) is 0 Å². The van der Waals surface area contributed by atoms with Gasteiger partial charge in [-0.05, 0) is 24.3 Å². The molecule has 0 bridgehead atoms. The van der Waals surface area contributed by atoms with E-state index in [4.69, 9.17) is 5.73 Å². The number of nitrogens with two attached hydrogens (primary N) is 1. The SMILES string of the molecule is N[C@@H]1C[C@@H]1Cc1ccccc1. The van der Waals surface area contributed by atoms with Crippen LogP contribution in [0.3, 0.4) is 0 Å². The first-order valence-electron chi connectivity index (χ1n) is 4.16. The number of rotatable bonds is 2. The van der Waals surface area contributed by atoms with Crippen molar-refractivity contribution in [3.63, 3.8) is 0 Å². The molecule has 0 unspecified atom stereocenters. The third kappa shape index (κ3) is 1.60. The van der Waals surface area contributed by atoms with Crippen LogP contribution in [0.1, 0.15) is 12.0 Å². The van der Waals surface area contributed by atoms with Crippen LogP contribution < -0.4 is 5.73 Å². The third-order valence-electron chi connectivity index (χ3n) is 2.32. The molecule has 2 N–H and O–H groups in total. The van der Waals surface area contributed by atoms with Crippen molar-refractivity contribution in [3.05, 3.63) is 35.9 Å². The van der Waals surface area contributed by atoms with Crippen molar-refractivity contribution in [2.45, 2.75) is 18.9 Å². The fraction of sp³-hybridized carbons (Fsp3) is 0.400. The fourth-order valence-corrected chi connectivity index (χ4v) is 1.42. The molecule has 0 amide bonds. The molecule has 2 rings (SSSR count). The van der Waals surface area contributed by atoms with Crippen LogP contribution in [-0.4, -0.2) is 6.04 Å². The summed E-state index contributed by atoms with van der Waals surface area (Å²) in [5, 5.41) is 0. The van der Waals surface area contributed by atoms with E-state index in [0.717, 1.165) is 5.92 Å². The Balaban J connectivity index is 1.97. The summed E-state index contributed by atoms with van der Waals surface area (Å²) in [6.45, 7) is 0. The van der Waals surface area contributed by atoms with Gasteiger partial charge in [0.15, 0.2) is 0 Å². The molecule has 1 aliphatic rings. The van der Waals surface area contributed by atoms with E-state index < -0.39 is 0 Å². The molecular formula is C10H13N. The van der Waals surface area contributed by atoms with E-state index in [1.165, 1.54) is 18.4 Å². The lowest BCUT2D eigenvalue weighted by Crippen LogP contribution is -2.03. The van der Waals surface area contributed by atoms with Crippen LogP contribution in [0.4, 0.5) is 0 Å². The summed E-state index contributed by atoms with van der Waals surface area (Å²) in [5.74, 6) is 0.761. The lowest BCUT2D eigenvalue weighted by atomic mass is 10.1. The summed E-state index contributed by atoms with van der Waals surface area (Å²) in [6, 6.07) is 11.1. The first-order chi connectivity index (χ1) is 5.36. The Labute approximate surface area is 67.2 Å². The van der Waals surface area contributed by atoms with Gasteiger partial charge in [-0.25, -0.2) is 0 Å². The first kappa shape index (κ1) is 6.86. The third-order valence-corrected chi connectivity index (χ3v) is 2.32. The van der Waals surface area contributed by atoms with E-state index in [1.54, 1.807) is 0 Å². The van der Waals surface area contributed by atoms with Gasteiger partial charge in [-0.2, -0.15) is 0 Å². The molecule has 0 aliphatic heterocycles. The topological polar surface area (TPSA) is 26.0 Å². The highest BCUT2D eigenvalue weighted by Crippen LogP contribution is 2.31. The number of hydrogen-bond donors (Lipinski definition) is 1. The van der Waals surface area contributed by atoms with Crippen molar-refractivity contribution < 1.29 is 0 Å². The smallest absolute Gasteiger partial charge is 0.00742 e. The normalized spacial score (nSPS) is 28.5. The maximum Gasteiger partial charge on any atom is 0.00742 e. The Bertz CT molecular complexity index is 230. The molecule has 1 fully saturated rings. The maximum atomic E-state index is 5.71. The molecule has 1 heteroatoms. The van der Waals surface area contributed by atoms with E-state index in [0.29, 0.717) is 6.04 Å². The highest BCUT2D eigenvalue weighted by Gasteiger charge is 2.32. The highest BCUT2D eigenvalue weighted by atomic mass is 14.7. The van der Waals surface area contributed by atoms with Crippen molar-refractivity contribution in [1.82, 2.24) is 0 Å². The number of benzene rings is 1. The molecular weight excluding hydrogens is 134 g/mol. The van der Waals surface area contributed by atoms with Crippen LogP contribution in [0.2, 0.25) is 0 Å². The zero-order valence-electron chi connectivity index (χ0n) is 6.53. The summed E-state index contributed by atoms with van der Waals surface area (Å²) in [6.07, 6.45) is 2.39. The molecule has 1 aromatic rings. The van der Waals surface area contributed by atoms with Crippen molar-refractivity contribution in [1.29, 1.82) is 0 Å². The van der Waals surface area contributed by atoms with Crippen LogP contribution in [-0.2, 0) is 6.42 Å². The van der Waals surface area contributed by atoms with E-state index in [2.05, 4.69) is 30.3 Å². The fourth-order valence-electron chi connectivity index (χ4n) is 1.42. The second-order valence-corrected chi connectivity index (χ2v) is 3.35. The van der Waals surface area contributed by atoms with Gasteiger partial charge >= 0.3 is 0 Å². The van der Waals surface area contributed by atoms with Crippen LogP contribution in [0, 0.1) is 5.92 Å². The molecule has 1 saturated carbocycles. The monoisotopic (exact) mass is 147 g/mol. The van der Waals surface area contributed by atoms with Crippen LogP contribution in [0.5, 0.6) is 0 Å². The Hall–Kier alpha value is -0.820. The zero-order valence-corrected chi connectivity index (χ0v) is 6.53. The molecule has 1 nitrogen and oxygen atoms in total. The Morgan fingerprint density at radius 3 is 2.45 bits per heavy atom. The molecule has 0 radical (unpaired) electrons. The van der Waals surface area contributed by atoms with Gasteiger partial charge in [-0.3, -0.25) is 0 Å². The minimum atomic E-state index is 0.482. The number of hydrogen-bond acceptors (Lipinski definition) is 1. The van der Waals surface area contributed by atoms with Gasteiger partial charge in [0, 0.05) is 6.04 Å². The Morgan fingerprint density at radius 1 is 1.27 bits per heavy atom. The predicted molar refractivity (Wildman–Crippen MR) is 46.2 cm³/mol. The van der Waals surface area contributed by atoms with Gasteiger partial charge in [0.1, 0.15) is 0 Å². The molecule has 58 valence electrons. The highest BCUT2D eigenvalue weighted by molar-refractivity contribution is 5.17. The molecule has 0 spiro atoms. The van der Waals surface area contributed by atoms with E-state index in [1.807, 2.05) is 0 Å². The first-order valence-corrected chi connectivity index (χ1v) is 4.16. The molecule has 1 aliphatic carbocycles. The zero-order chi connectivity index (χ0) is 7.68. The summed E-state index contributed by atoms with van der Waals surface area (Å²) in [7, 11) is 0. The van der Waals surface area contributed by atoms with Gasteiger partial charge in [-0.1, -0.05) is 30.3 Å². The summed E-state index contributed by atoms with van der Waals surface area (Å²) in [4.78, 5) is 0. The van der Waals surface area contributed by atoms with E-state index in [-0.39, 0.29) is 0 Å². The van der Waals surface area contributed by atoms with Crippen LogP contribution >= 0.6 is 0 Å². The Morgan fingerprint density at radius 2 is 1.91 bits per heavy atom. The second-order valence-electron chi connectivity index (χ2n) is 3.35. The summed E-state index contributed by atoms with van der Waals surface area (Å²) in [5.41, 5.74) is 7.14. The van der Waals surface area contributed by atoms with E-state index >= 15 is 0 Å². The van der Waals surface area contributed by atoms with Crippen LogP contribution in [0.25, 0.3) is 0 Å². The minimum Gasteiger partial charge on any atom is -0.327 e. The van der Waals surface area contributed by atoms with Crippen LogP contribution in [0.15, 0.2) is 30.3 Å². The summed E-state index contributed by atoms with van der Waals surface area (Å²) < 4.78 is 0. The van der Waals surface area contributed by atoms with Crippen molar-refractivity contribution >= 4 is 0 Å². The molecule has 0 saturated heterocycles. The minimum absolute atomic E-state index is 0.482. The van der Waals surface area contributed by atoms with Gasteiger partial charge in [0.05, 0.1) is 0 Å². The summed E-state index contributed by atoms with van der Waals surface area (Å²) >= 11 is 0. The molecule has 0 heterocycles. The Kier molecular flexibility index (Phi) is 1.66. The lowest BCUT2D eigenvalue weighted by Gasteiger charge is -1.96. The molecule has 1 aromatic carbocycles. The largest absolute Gasteiger partial charge is 0.327 e. The second kappa shape index (κ2) is 2.67. The van der Waals surface area contributed by atoms with Gasteiger partial charge in [0.2, 0.25) is 0 Å². The lowest BCUT2D eigenvalue weighted by molar-refractivity contribution is 0.786. The standard InChI is InChI=1S/C10H13N/c11-10-7-9(10)6-8-4-2-1-3-5-8/h1-5,9-10H,6-7,11H2/t9-,10+/m0/s1. The molecule has 2 atom stereocenters. The average Bonchev–Trinajstić information content (AvgIpc) is 2.69. The predicted octanol–water partition coefficient (Wildman–Crippen LogP) is 1.58. The van der Waals surface area contributed by atoms with Crippen molar-refractivity contribution in [3.8, 4) is 0 Å².